The molecule has 4 atom stereocenters. The van der Waals surface area contributed by atoms with Gasteiger partial charge in [0.25, 0.3) is 0 Å². The lowest BCUT2D eigenvalue weighted by atomic mass is 9.67. The fourth-order valence-electron chi connectivity index (χ4n) is 4.48. The largest absolute Gasteiger partial charge is 0.365 e. The molecule has 1 fully saturated rings. The Kier molecular flexibility index (Phi) is 2.72. The highest BCUT2D eigenvalue weighted by Crippen LogP contribution is 2.60. The summed E-state index contributed by atoms with van der Waals surface area (Å²) in [4.78, 5) is 0. The molecule has 4 unspecified atom stereocenters. The van der Waals surface area contributed by atoms with E-state index in [1.165, 1.54) is 26.7 Å². The van der Waals surface area contributed by atoms with Crippen LogP contribution in [0.4, 0.5) is 0 Å². The van der Waals surface area contributed by atoms with Crippen LogP contribution >= 0.6 is 31.9 Å². The van der Waals surface area contributed by atoms with Gasteiger partial charge in [0.05, 0.1) is 12.2 Å². The zero-order valence-electron chi connectivity index (χ0n) is 11.4. The van der Waals surface area contributed by atoms with Crippen LogP contribution in [-0.4, -0.2) is 0 Å². The van der Waals surface area contributed by atoms with Crippen molar-refractivity contribution >= 4 is 31.9 Å². The molecule has 1 aliphatic carbocycles. The predicted octanol–water partition coefficient (Wildman–Crippen LogP) is 5.37. The highest BCUT2D eigenvalue weighted by molar-refractivity contribution is 9.10. The number of fused-ring (bicyclic) bond motifs is 9. The van der Waals surface area contributed by atoms with E-state index in [1.807, 2.05) is 0 Å². The molecule has 0 N–H and O–H groups in total. The summed E-state index contributed by atoms with van der Waals surface area (Å²) in [6, 6.07) is 13.4. The minimum absolute atomic E-state index is 0.296. The van der Waals surface area contributed by atoms with Gasteiger partial charge in [-0.1, -0.05) is 44.0 Å². The first-order valence-electron chi connectivity index (χ1n) is 7.43. The fourth-order valence-corrected chi connectivity index (χ4v) is 5.26. The average molecular weight is 406 g/mol. The number of rotatable bonds is 0. The van der Waals surface area contributed by atoms with Gasteiger partial charge in [-0.2, -0.15) is 0 Å². The molecule has 0 radical (unpaired) electrons. The Labute approximate surface area is 141 Å². The first kappa shape index (κ1) is 12.9. The maximum absolute atomic E-state index is 6.37. The van der Waals surface area contributed by atoms with Crippen molar-refractivity contribution in [3.63, 3.8) is 0 Å². The molecule has 3 heteroatoms. The maximum atomic E-state index is 6.37. The number of hydrogen-bond acceptors (Lipinski definition) is 1. The zero-order chi connectivity index (χ0) is 14.1. The Balaban J connectivity index is 1.59. The maximum Gasteiger partial charge on any atom is 0.0872 e. The highest BCUT2D eigenvalue weighted by atomic mass is 79.9. The van der Waals surface area contributed by atoms with Crippen molar-refractivity contribution in [2.75, 3.05) is 0 Å². The molecule has 0 amide bonds. The van der Waals surface area contributed by atoms with E-state index >= 15 is 0 Å². The van der Waals surface area contributed by atoms with E-state index in [2.05, 4.69) is 68.3 Å². The van der Waals surface area contributed by atoms with Crippen LogP contribution in [0.1, 0.15) is 34.5 Å². The van der Waals surface area contributed by atoms with Gasteiger partial charge in [0.15, 0.2) is 0 Å². The summed E-state index contributed by atoms with van der Waals surface area (Å²) in [7, 11) is 0. The van der Waals surface area contributed by atoms with E-state index in [0.717, 1.165) is 17.3 Å². The van der Waals surface area contributed by atoms with E-state index in [-0.39, 0.29) is 0 Å². The van der Waals surface area contributed by atoms with Gasteiger partial charge in [-0.15, -0.1) is 0 Å². The van der Waals surface area contributed by atoms with Gasteiger partial charge in [-0.05, 0) is 71.2 Å². The molecule has 3 aliphatic rings. The van der Waals surface area contributed by atoms with Gasteiger partial charge in [0.1, 0.15) is 0 Å². The average Bonchev–Trinajstić information content (AvgIpc) is 3.01. The van der Waals surface area contributed by atoms with Crippen molar-refractivity contribution in [1.82, 2.24) is 0 Å². The van der Waals surface area contributed by atoms with Crippen LogP contribution in [0, 0.1) is 11.8 Å². The third-order valence-electron chi connectivity index (χ3n) is 5.36. The zero-order valence-corrected chi connectivity index (χ0v) is 14.5. The van der Waals surface area contributed by atoms with E-state index in [1.54, 1.807) is 0 Å². The molecule has 21 heavy (non-hydrogen) atoms. The Morgan fingerprint density at radius 3 is 2.29 bits per heavy atom. The molecule has 2 aromatic rings. The van der Waals surface area contributed by atoms with E-state index in [0.29, 0.717) is 24.0 Å². The van der Waals surface area contributed by atoms with Gasteiger partial charge in [0, 0.05) is 8.95 Å². The summed E-state index contributed by atoms with van der Waals surface area (Å²) >= 11 is 7.20. The van der Waals surface area contributed by atoms with Gasteiger partial charge >= 0.3 is 0 Å². The molecule has 0 saturated carbocycles. The van der Waals surface area contributed by atoms with Gasteiger partial charge < -0.3 is 4.74 Å². The Hall–Kier alpha value is -0.640. The topological polar surface area (TPSA) is 9.23 Å². The first-order valence-corrected chi connectivity index (χ1v) is 9.01. The van der Waals surface area contributed by atoms with Crippen LogP contribution in [-0.2, 0) is 17.6 Å². The number of hydrogen-bond donors (Lipinski definition) is 0. The molecule has 2 bridgehead atoms. The van der Waals surface area contributed by atoms with Crippen molar-refractivity contribution in [1.29, 1.82) is 0 Å². The van der Waals surface area contributed by atoms with Crippen LogP contribution in [0.2, 0.25) is 0 Å². The van der Waals surface area contributed by atoms with E-state index in [9.17, 15) is 0 Å². The minimum atomic E-state index is 0.296. The summed E-state index contributed by atoms with van der Waals surface area (Å²) in [5.41, 5.74) is 5.84. The number of ether oxygens (including phenoxy) is 1. The molecule has 106 valence electrons. The summed E-state index contributed by atoms with van der Waals surface area (Å²) in [6.45, 7) is 0. The van der Waals surface area contributed by atoms with E-state index < -0.39 is 0 Å². The second kappa shape index (κ2) is 4.43. The Bertz CT molecular complexity index is 755. The third-order valence-corrected chi connectivity index (χ3v) is 6.35. The third kappa shape index (κ3) is 1.77. The van der Waals surface area contributed by atoms with Gasteiger partial charge in [0.2, 0.25) is 0 Å². The summed E-state index contributed by atoms with van der Waals surface area (Å²) in [6.07, 6.45) is 2.90. The van der Waals surface area contributed by atoms with Crippen LogP contribution < -0.4 is 0 Å². The van der Waals surface area contributed by atoms with Crippen LogP contribution in [0.3, 0.4) is 0 Å². The lowest BCUT2D eigenvalue weighted by Crippen LogP contribution is -2.29. The number of benzene rings is 2. The molecular weight excluding hydrogens is 392 g/mol. The summed E-state index contributed by atoms with van der Waals surface area (Å²) in [5, 5.41) is 0. The second-order valence-electron chi connectivity index (χ2n) is 6.40. The molecule has 0 spiro atoms. The Morgan fingerprint density at radius 1 is 0.762 bits per heavy atom. The summed E-state index contributed by atoms with van der Waals surface area (Å²) < 4.78 is 8.72. The van der Waals surface area contributed by atoms with Gasteiger partial charge in [-0.3, -0.25) is 0 Å². The highest BCUT2D eigenvalue weighted by Gasteiger charge is 2.53. The monoisotopic (exact) mass is 404 g/mol. The molecule has 2 aliphatic heterocycles. The SMILES string of the molecule is Brc1ccc2c(c1)CC1C3OC(c4cc(Br)ccc43)C1C2. The van der Waals surface area contributed by atoms with Crippen molar-refractivity contribution in [2.45, 2.75) is 25.0 Å². The quantitative estimate of drug-likeness (QED) is 0.572. The van der Waals surface area contributed by atoms with Crippen LogP contribution in [0.15, 0.2) is 45.3 Å². The molecule has 2 heterocycles. The Morgan fingerprint density at radius 2 is 1.43 bits per heavy atom. The van der Waals surface area contributed by atoms with Crippen molar-refractivity contribution < 1.29 is 4.74 Å². The molecule has 1 nitrogen and oxygen atoms in total. The lowest BCUT2D eigenvalue weighted by molar-refractivity contribution is 0.0546. The molecule has 2 aromatic carbocycles. The summed E-state index contributed by atoms with van der Waals surface area (Å²) in [5.74, 6) is 1.29. The molecule has 0 aromatic heterocycles. The predicted molar refractivity (Wildman–Crippen MR) is 89.2 cm³/mol. The van der Waals surface area contributed by atoms with Crippen molar-refractivity contribution in [2.24, 2.45) is 11.8 Å². The van der Waals surface area contributed by atoms with Crippen molar-refractivity contribution in [3.8, 4) is 0 Å². The van der Waals surface area contributed by atoms with Crippen molar-refractivity contribution in [3.05, 3.63) is 67.6 Å². The van der Waals surface area contributed by atoms with Gasteiger partial charge in [-0.25, -0.2) is 0 Å². The molecular formula is C18H14Br2O. The fraction of sp³-hybridized carbons (Fsp3) is 0.333. The lowest BCUT2D eigenvalue weighted by Gasteiger charge is -2.34. The van der Waals surface area contributed by atoms with Crippen LogP contribution in [0.25, 0.3) is 0 Å². The minimum Gasteiger partial charge on any atom is -0.365 e. The molecule has 1 saturated heterocycles. The van der Waals surface area contributed by atoms with E-state index in [4.69, 9.17) is 4.74 Å². The van der Waals surface area contributed by atoms with Crippen LogP contribution in [0.5, 0.6) is 0 Å². The smallest absolute Gasteiger partial charge is 0.0872 e. The second-order valence-corrected chi connectivity index (χ2v) is 8.23. The molecule has 5 rings (SSSR count). The standard InChI is InChI=1S/C18H14Br2O/c19-11-2-1-9-6-14-15(7-10(9)5-11)17-13-4-3-12(20)8-16(13)18(14)21-17/h1-5,8,14-15,17-18H,6-7H2. The number of halogens is 2. The normalized spacial score (nSPS) is 31.7. The first-order chi connectivity index (χ1) is 10.2.